The fourth-order valence-electron chi connectivity index (χ4n) is 3.98. The summed E-state index contributed by atoms with van der Waals surface area (Å²) < 4.78 is 5.82. The molecule has 6 heteroatoms. The molecule has 6 nitrogen and oxygen atoms in total. The number of hydrogen-bond acceptors (Lipinski definition) is 4. The van der Waals surface area contributed by atoms with Gasteiger partial charge in [0.05, 0.1) is 0 Å². The normalized spacial score (nSPS) is 11.0. The van der Waals surface area contributed by atoms with Crippen molar-refractivity contribution in [3.05, 3.63) is 137 Å². The van der Waals surface area contributed by atoms with E-state index in [1.54, 1.807) is 42.5 Å². The predicted molar refractivity (Wildman–Crippen MR) is 153 cm³/mol. The number of carbonyl (C=O) groups is 2. The first-order chi connectivity index (χ1) is 19.1. The Morgan fingerprint density at radius 1 is 0.769 bits per heavy atom. The first-order valence-electron chi connectivity index (χ1n) is 13.0. The molecule has 0 aliphatic heterocycles. The van der Waals surface area contributed by atoms with Crippen molar-refractivity contribution in [2.45, 2.75) is 25.9 Å². The predicted octanol–water partition coefficient (Wildman–Crippen LogP) is 5.88. The Morgan fingerprint density at radius 2 is 1.41 bits per heavy atom. The second-order valence-corrected chi connectivity index (χ2v) is 9.08. The van der Waals surface area contributed by atoms with Crippen LogP contribution in [0.4, 0.5) is 0 Å². The minimum Gasteiger partial charge on any atom is -0.504 e. The van der Waals surface area contributed by atoms with Crippen LogP contribution < -0.4 is 15.4 Å². The molecule has 0 bridgehead atoms. The van der Waals surface area contributed by atoms with Gasteiger partial charge in [-0.2, -0.15) is 0 Å². The molecular weight excluding hydrogens is 488 g/mol. The molecule has 0 atom stereocenters. The third kappa shape index (κ3) is 8.61. The van der Waals surface area contributed by atoms with Crippen LogP contribution in [0.3, 0.4) is 0 Å². The van der Waals surface area contributed by atoms with E-state index in [1.807, 2.05) is 54.6 Å². The molecule has 0 unspecified atom stereocenters. The number of nitrogens with one attached hydrogen (secondary N) is 2. The molecule has 0 spiro atoms. The van der Waals surface area contributed by atoms with Crippen LogP contribution in [0.25, 0.3) is 6.08 Å². The van der Waals surface area contributed by atoms with Gasteiger partial charge in [0, 0.05) is 12.1 Å². The molecule has 0 saturated carbocycles. The second kappa shape index (κ2) is 14.2. The van der Waals surface area contributed by atoms with E-state index < -0.39 is 0 Å². The van der Waals surface area contributed by atoms with Crippen molar-refractivity contribution in [2.75, 3.05) is 6.54 Å². The molecule has 0 heterocycles. The van der Waals surface area contributed by atoms with Crippen molar-refractivity contribution in [3.8, 4) is 11.5 Å². The minimum atomic E-state index is -0.390. The third-order valence-electron chi connectivity index (χ3n) is 6.08. The number of hydrogen-bond donors (Lipinski definition) is 3. The number of phenols is 1. The van der Waals surface area contributed by atoms with Gasteiger partial charge in [0.1, 0.15) is 12.3 Å². The molecule has 39 heavy (non-hydrogen) atoms. The van der Waals surface area contributed by atoms with Crippen molar-refractivity contribution in [1.29, 1.82) is 0 Å². The molecule has 0 aliphatic carbocycles. The number of carbonyl (C=O) groups excluding carboxylic acids is 2. The van der Waals surface area contributed by atoms with Crippen molar-refractivity contribution in [1.82, 2.24) is 10.6 Å². The fourth-order valence-corrected chi connectivity index (χ4v) is 3.98. The van der Waals surface area contributed by atoms with E-state index >= 15 is 0 Å². The van der Waals surface area contributed by atoms with Crippen LogP contribution in [0, 0.1) is 0 Å². The van der Waals surface area contributed by atoms with Gasteiger partial charge in [-0.1, -0.05) is 84.9 Å². The van der Waals surface area contributed by atoms with Gasteiger partial charge >= 0.3 is 0 Å². The highest BCUT2D eigenvalue weighted by molar-refractivity contribution is 6.05. The van der Waals surface area contributed by atoms with Crippen molar-refractivity contribution < 1.29 is 19.4 Å². The number of aromatic hydroxyl groups is 1. The average Bonchev–Trinajstić information content (AvgIpc) is 2.98. The van der Waals surface area contributed by atoms with Gasteiger partial charge in [-0.15, -0.1) is 0 Å². The molecule has 0 aliphatic rings. The van der Waals surface area contributed by atoms with Gasteiger partial charge < -0.3 is 20.5 Å². The minimum absolute atomic E-state index is 0.0131. The average molecular weight is 521 g/mol. The van der Waals surface area contributed by atoms with Crippen molar-refractivity contribution in [2.24, 2.45) is 0 Å². The van der Waals surface area contributed by atoms with E-state index in [-0.39, 0.29) is 35.6 Å². The van der Waals surface area contributed by atoms with Crippen LogP contribution in [0.5, 0.6) is 11.5 Å². The maximum Gasteiger partial charge on any atom is 0.267 e. The van der Waals surface area contributed by atoms with Crippen LogP contribution in [0.15, 0.2) is 115 Å². The Hall–Kier alpha value is -4.84. The molecule has 0 radical (unpaired) electrons. The Bertz CT molecular complexity index is 1390. The molecule has 4 aromatic rings. The molecule has 2 amide bonds. The van der Waals surface area contributed by atoms with Crippen molar-refractivity contribution >= 4 is 17.9 Å². The maximum absolute atomic E-state index is 13.1. The summed E-state index contributed by atoms with van der Waals surface area (Å²) in [6, 6.07) is 33.4. The summed E-state index contributed by atoms with van der Waals surface area (Å²) in [4.78, 5) is 26.0. The number of unbranched alkanes of at least 4 members (excludes halogenated alkanes) is 1. The molecule has 3 N–H and O–H groups in total. The monoisotopic (exact) mass is 520 g/mol. The molecule has 0 fully saturated rings. The van der Waals surface area contributed by atoms with E-state index in [9.17, 15) is 14.7 Å². The Balaban J connectivity index is 1.45. The van der Waals surface area contributed by atoms with Crippen LogP contribution in [-0.2, 0) is 17.8 Å². The fraction of sp³-hybridized carbons (Fsp3) is 0.152. The SMILES string of the molecule is O=C(NCCCCc1ccccc1)/C(=C\c1ccc(O)c(OCc2ccccc2)c1)NC(=O)c1ccccc1. The summed E-state index contributed by atoms with van der Waals surface area (Å²) >= 11 is 0. The number of amides is 2. The summed E-state index contributed by atoms with van der Waals surface area (Å²) in [5.41, 5.74) is 3.36. The third-order valence-corrected chi connectivity index (χ3v) is 6.08. The summed E-state index contributed by atoms with van der Waals surface area (Å²) in [6.45, 7) is 0.758. The van der Waals surface area contributed by atoms with Crippen LogP contribution in [0.1, 0.15) is 39.9 Å². The van der Waals surface area contributed by atoms with Gasteiger partial charge in [-0.25, -0.2) is 0 Å². The summed E-state index contributed by atoms with van der Waals surface area (Å²) in [6.07, 6.45) is 4.25. The quantitative estimate of drug-likeness (QED) is 0.161. The number of rotatable bonds is 12. The molecule has 4 rings (SSSR count). The number of ether oxygens (including phenoxy) is 1. The lowest BCUT2D eigenvalue weighted by atomic mass is 10.1. The number of benzene rings is 4. The first kappa shape index (κ1) is 27.2. The van der Waals surface area contributed by atoms with E-state index in [1.165, 1.54) is 11.6 Å². The number of aryl methyl sites for hydroxylation is 1. The molecule has 0 saturated heterocycles. The van der Waals surface area contributed by atoms with E-state index in [2.05, 4.69) is 22.8 Å². The van der Waals surface area contributed by atoms with Crippen LogP contribution >= 0.6 is 0 Å². The topological polar surface area (TPSA) is 87.7 Å². The highest BCUT2D eigenvalue weighted by Crippen LogP contribution is 2.28. The maximum atomic E-state index is 13.1. The Kier molecular flexibility index (Phi) is 9.90. The highest BCUT2D eigenvalue weighted by Gasteiger charge is 2.15. The zero-order chi connectivity index (χ0) is 27.3. The van der Waals surface area contributed by atoms with Gasteiger partial charge in [0.2, 0.25) is 0 Å². The lowest BCUT2D eigenvalue weighted by Crippen LogP contribution is -2.35. The molecule has 198 valence electrons. The smallest absolute Gasteiger partial charge is 0.267 e. The molecular formula is C33H32N2O4. The summed E-state index contributed by atoms with van der Waals surface area (Å²) in [5.74, 6) is -0.511. The van der Waals surface area contributed by atoms with Crippen LogP contribution in [0.2, 0.25) is 0 Å². The van der Waals surface area contributed by atoms with Gasteiger partial charge in [0.25, 0.3) is 11.8 Å². The van der Waals surface area contributed by atoms with E-state index in [0.717, 1.165) is 24.8 Å². The van der Waals surface area contributed by atoms with Gasteiger partial charge in [-0.3, -0.25) is 9.59 Å². The summed E-state index contributed by atoms with van der Waals surface area (Å²) in [7, 11) is 0. The standard InChI is InChI=1S/C33H32N2O4/c36-30-20-19-27(23-31(30)39-24-26-15-6-2-7-16-26)22-29(35-32(37)28-17-8-3-9-18-28)33(38)34-21-11-10-14-25-12-4-1-5-13-25/h1-9,12-13,15-20,22-23,36H,10-11,14,21,24H2,(H,34,38)(H,35,37)/b29-22+. The molecule has 0 aromatic heterocycles. The second-order valence-electron chi connectivity index (χ2n) is 9.08. The van der Waals surface area contributed by atoms with E-state index in [4.69, 9.17) is 4.74 Å². The number of phenolic OH excluding ortho intramolecular Hbond substituents is 1. The molecule has 4 aromatic carbocycles. The lowest BCUT2D eigenvalue weighted by Gasteiger charge is -2.13. The van der Waals surface area contributed by atoms with Crippen LogP contribution in [-0.4, -0.2) is 23.5 Å². The van der Waals surface area contributed by atoms with Gasteiger partial charge in [0.15, 0.2) is 11.5 Å². The van der Waals surface area contributed by atoms with E-state index in [0.29, 0.717) is 17.7 Å². The zero-order valence-electron chi connectivity index (χ0n) is 21.7. The highest BCUT2D eigenvalue weighted by atomic mass is 16.5. The van der Waals surface area contributed by atoms with Gasteiger partial charge in [-0.05, 0) is 66.3 Å². The Morgan fingerprint density at radius 3 is 2.10 bits per heavy atom. The first-order valence-corrected chi connectivity index (χ1v) is 13.0. The Labute approximate surface area is 229 Å². The lowest BCUT2D eigenvalue weighted by molar-refractivity contribution is -0.117. The largest absolute Gasteiger partial charge is 0.504 e. The summed E-state index contributed by atoms with van der Waals surface area (Å²) in [5, 5.41) is 16.0. The van der Waals surface area contributed by atoms with Crippen molar-refractivity contribution in [3.63, 3.8) is 0 Å². The zero-order valence-corrected chi connectivity index (χ0v) is 21.7.